The molecule has 0 spiro atoms. The molecule has 0 atom stereocenters. The molecule has 4 rings (SSSR count). The number of aliphatic hydroxyl groups is 1. The highest BCUT2D eigenvalue weighted by Crippen LogP contribution is 2.32. The Balaban J connectivity index is 1.98. The van der Waals surface area contributed by atoms with E-state index in [1.54, 1.807) is 42.5 Å². The van der Waals surface area contributed by atoms with E-state index in [-0.39, 0.29) is 35.7 Å². The molecule has 3 aromatic carbocycles. The van der Waals surface area contributed by atoms with Crippen molar-refractivity contribution in [1.82, 2.24) is 4.57 Å². The molecule has 0 saturated heterocycles. The Bertz CT molecular complexity index is 1400. The van der Waals surface area contributed by atoms with E-state index in [4.69, 9.17) is 16.3 Å². The molecule has 0 aliphatic heterocycles. The first-order chi connectivity index (χ1) is 15.9. The quantitative estimate of drug-likeness (QED) is 0.405. The number of nitrogens with zero attached hydrogens (tertiary/aromatic N) is 1. The van der Waals surface area contributed by atoms with E-state index in [0.717, 1.165) is 0 Å². The Morgan fingerprint density at radius 2 is 1.85 bits per heavy atom. The molecule has 2 N–H and O–H groups in total. The van der Waals surface area contributed by atoms with E-state index < -0.39 is 22.8 Å². The van der Waals surface area contributed by atoms with Crippen molar-refractivity contribution < 1.29 is 24.1 Å². The maximum atomic E-state index is 14.5. The van der Waals surface area contributed by atoms with E-state index in [9.17, 15) is 24.2 Å². The molecule has 0 fully saturated rings. The van der Waals surface area contributed by atoms with Crippen LogP contribution in [0.2, 0.25) is 5.02 Å². The third-order valence-corrected chi connectivity index (χ3v) is 5.46. The fourth-order valence-corrected chi connectivity index (χ4v) is 3.89. The number of fused-ring (bicyclic) bond motifs is 1. The van der Waals surface area contributed by atoms with Crippen molar-refractivity contribution in [2.24, 2.45) is 0 Å². The number of carboxylic acid groups (broad SMARTS) is 1. The first-order valence-corrected chi connectivity index (χ1v) is 10.5. The number of aromatic carboxylic acids is 1. The van der Waals surface area contributed by atoms with E-state index in [1.807, 2.05) is 6.07 Å². The Labute approximate surface area is 193 Å². The van der Waals surface area contributed by atoms with Crippen LogP contribution in [0.15, 0.2) is 71.7 Å². The molecule has 0 amide bonds. The minimum absolute atomic E-state index is 0.0208. The van der Waals surface area contributed by atoms with Gasteiger partial charge in [-0.2, -0.15) is 0 Å². The summed E-state index contributed by atoms with van der Waals surface area (Å²) >= 11 is 5.91. The third kappa shape index (κ3) is 4.60. The largest absolute Gasteiger partial charge is 0.477 e. The SMILES string of the molecule is O=C(O)c1cn(CCO)c2c(Oc3ccccc3)cc(Cc3cccc(Cl)c3F)cc2c1=O. The second-order valence-electron chi connectivity index (χ2n) is 7.39. The van der Waals surface area contributed by atoms with Gasteiger partial charge in [-0.1, -0.05) is 41.9 Å². The molecule has 1 aromatic heterocycles. The molecule has 0 radical (unpaired) electrons. The van der Waals surface area contributed by atoms with Gasteiger partial charge in [-0.15, -0.1) is 0 Å². The lowest BCUT2D eigenvalue weighted by Crippen LogP contribution is -2.20. The third-order valence-electron chi connectivity index (χ3n) is 5.16. The van der Waals surface area contributed by atoms with Crippen molar-refractivity contribution in [3.05, 3.63) is 105 Å². The molecule has 8 heteroatoms. The maximum absolute atomic E-state index is 14.5. The van der Waals surface area contributed by atoms with Crippen LogP contribution in [-0.4, -0.2) is 27.4 Å². The summed E-state index contributed by atoms with van der Waals surface area (Å²) in [5.41, 5.74) is 0.0475. The summed E-state index contributed by atoms with van der Waals surface area (Å²) < 4.78 is 22.1. The zero-order chi connectivity index (χ0) is 23.5. The number of hydrogen-bond acceptors (Lipinski definition) is 4. The molecule has 0 bridgehead atoms. The van der Waals surface area contributed by atoms with Crippen molar-refractivity contribution in [2.75, 3.05) is 6.61 Å². The molecule has 6 nitrogen and oxygen atoms in total. The van der Waals surface area contributed by atoms with Crippen LogP contribution >= 0.6 is 11.6 Å². The highest BCUT2D eigenvalue weighted by atomic mass is 35.5. The summed E-state index contributed by atoms with van der Waals surface area (Å²) in [7, 11) is 0. The maximum Gasteiger partial charge on any atom is 0.341 e. The zero-order valence-electron chi connectivity index (χ0n) is 17.3. The molecule has 0 unspecified atom stereocenters. The normalized spacial score (nSPS) is 11.0. The van der Waals surface area contributed by atoms with Crippen LogP contribution in [0, 0.1) is 5.82 Å². The van der Waals surface area contributed by atoms with Gasteiger partial charge in [-0.05, 0) is 41.5 Å². The van der Waals surface area contributed by atoms with Gasteiger partial charge < -0.3 is 19.5 Å². The first kappa shape index (κ1) is 22.5. The van der Waals surface area contributed by atoms with Gasteiger partial charge in [0, 0.05) is 19.2 Å². The van der Waals surface area contributed by atoms with E-state index >= 15 is 0 Å². The van der Waals surface area contributed by atoms with E-state index in [2.05, 4.69) is 0 Å². The summed E-state index contributed by atoms with van der Waals surface area (Å²) in [5, 5.41) is 19.1. The second kappa shape index (κ2) is 9.44. The Morgan fingerprint density at radius 3 is 2.55 bits per heavy atom. The molecule has 0 aliphatic rings. The van der Waals surface area contributed by atoms with Crippen LogP contribution in [0.1, 0.15) is 21.5 Å². The predicted octanol–water partition coefficient (Wildman–Crippen LogP) is 4.87. The van der Waals surface area contributed by atoms with E-state index in [1.165, 1.54) is 22.9 Å². The number of aromatic nitrogens is 1. The van der Waals surface area contributed by atoms with Gasteiger partial charge in [0.05, 0.1) is 22.5 Å². The van der Waals surface area contributed by atoms with Gasteiger partial charge in [-0.3, -0.25) is 4.79 Å². The molecular weight excluding hydrogens is 449 g/mol. The van der Waals surface area contributed by atoms with Crippen LogP contribution in [-0.2, 0) is 13.0 Å². The second-order valence-corrected chi connectivity index (χ2v) is 7.80. The number of pyridine rings is 1. The van der Waals surface area contributed by atoms with Crippen molar-refractivity contribution in [2.45, 2.75) is 13.0 Å². The number of hydrogen-bond donors (Lipinski definition) is 2. The molecule has 0 saturated carbocycles. The fraction of sp³-hybridized carbons (Fsp3) is 0.120. The van der Waals surface area contributed by atoms with Crippen LogP contribution in [0.3, 0.4) is 0 Å². The van der Waals surface area contributed by atoms with E-state index in [0.29, 0.717) is 22.4 Å². The number of carboxylic acids is 1. The average Bonchev–Trinajstić information content (AvgIpc) is 2.79. The molecule has 4 aromatic rings. The number of halogens is 2. The van der Waals surface area contributed by atoms with Gasteiger partial charge >= 0.3 is 5.97 Å². The number of ether oxygens (including phenoxy) is 1. The molecular formula is C25H19ClFNO5. The van der Waals surface area contributed by atoms with Crippen molar-refractivity contribution in [1.29, 1.82) is 0 Å². The van der Waals surface area contributed by atoms with Gasteiger partial charge in [-0.25, -0.2) is 9.18 Å². The zero-order valence-corrected chi connectivity index (χ0v) is 18.1. The molecule has 1 heterocycles. The predicted molar refractivity (Wildman–Crippen MR) is 123 cm³/mol. The lowest BCUT2D eigenvalue weighted by molar-refractivity contribution is 0.0694. The lowest BCUT2D eigenvalue weighted by atomic mass is 10.0. The Morgan fingerprint density at radius 1 is 1.09 bits per heavy atom. The smallest absolute Gasteiger partial charge is 0.341 e. The minimum Gasteiger partial charge on any atom is -0.477 e. The summed E-state index contributed by atoms with van der Waals surface area (Å²) in [6, 6.07) is 16.7. The first-order valence-electron chi connectivity index (χ1n) is 10.1. The average molecular weight is 468 g/mol. The number of rotatable bonds is 7. The topological polar surface area (TPSA) is 88.8 Å². The lowest BCUT2D eigenvalue weighted by Gasteiger charge is -2.17. The number of aliphatic hydroxyl groups excluding tert-OH is 1. The van der Waals surface area contributed by atoms with Gasteiger partial charge in [0.25, 0.3) is 0 Å². The monoisotopic (exact) mass is 467 g/mol. The van der Waals surface area contributed by atoms with Gasteiger partial charge in [0.15, 0.2) is 5.75 Å². The Hall–Kier alpha value is -3.68. The minimum atomic E-state index is -1.38. The summed E-state index contributed by atoms with van der Waals surface area (Å²) in [6.07, 6.45) is 1.29. The number of benzene rings is 3. The number of carbonyl (C=O) groups is 1. The molecule has 168 valence electrons. The summed E-state index contributed by atoms with van der Waals surface area (Å²) in [5.74, 6) is -1.18. The summed E-state index contributed by atoms with van der Waals surface area (Å²) in [6.45, 7) is -0.234. The Kier molecular flexibility index (Phi) is 6.44. The summed E-state index contributed by atoms with van der Waals surface area (Å²) in [4.78, 5) is 24.7. The highest BCUT2D eigenvalue weighted by Gasteiger charge is 2.20. The molecule has 33 heavy (non-hydrogen) atoms. The number of para-hydroxylation sites is 1. The van der Waals surface area contributed by atoms with Gasteiger partial charge in [0.1, 0.15) is 17.1 Å². The van der Waals surface area contributed by atoms with Crippen molar-refractivity contribution in [3.63, 3.8) is 0 Å². The van der Waals surface area contributed by atoms with Crippen LogP contribution < -0.4 is 10.2 Å². The standard InChI is InChI=1S/C25H19ClFNO5/c26-20-8-4-5-16(22(20)27)11-15-12-18-23(21(13-15)33-17-6-2-1-3-7-17)28(9-10-29)14-19(24(18)30)25(31)32/h1-8,12-14,29H,9-11H2,(H,31,32). The van der Waals surface area contributed by atoms with Crippen molar-refractivity contribution in [3.8, 4) is 11.5 Å². The highest BCUT2D eigenvalue weighted by molar-refractivity contribution is 6.30. The molecule has 0 aliphatic carbocycles. The fourth-order valence-electron chi connectivity index (χ4n) is 3.70. The van der Waals surface area contributed by atoms with Crippen molar-refractivity contribution >= 4 is 28.5 Å². The van der Waals surface area contributed by atoms with Gasteiger partial charge in [0.2, 0.25) is 5.43 Å². The van der Waals surface area contributed by atoms with Crippen LogP contribution in [0.4, 0.5) is 4.39 Å². The van der Waals surface area contributed by atoms with Crippen LogP contribution in [0.25, 0.3) is 10.9 Å². The van der Waals surface area contributed by atoms with Crippen LogP contribution in [0.5, 0.6) is 11.5 Å².